The predicted molar refractivity (Wildman–Crippen MR) is 88.1 cm³/mol. The van der Waals surface area contributed by atoms with Gasteiger partial charge in [-0.1, -0.05) is 17.7 Å². The van der Waals surface area contributed by atoms with Crippen LogP contribution < -0.4 is 4.90 Å². The van der Waals surface area contributed by atoms with Crippen molar-refractivity contribution >= 4 is 11.6 Å². The lowest BCUT2D eigenvalue weighted by Crippen LogP contribution is -2.48. The van der Waals surface area contributed by atoms with E-state index >= 15 is 0 Å². The molecule has 1 aromatic carbocycles. The summed E-state index contributed by atoms with van der Waals surface area (Å²) >= 11 is 0. The van der Waals surface area contributed by atoms with Crippen LogP contribution in [0.2, 0.25) is 0 Å². The van der Waals surface area contributed by atoms with Gasteiger partial charge < -0.3 is 14.9 Å². The summed E-state index contributed by atoms with van der Waals surface area (Å²) in [5.41, 5.74) is 2.36. The van der Waals surface area contributed by atoms with Gasteiger partial charge >= 0.3 is 0 Å². The summed E-state index contributed by atoms with van der Waals surface area (Å²) in [5.74, 6) is 0.559. The van der Waals surface area contributed by atoms with Crippen LogP contribution in [-0.4, -0.2) is 42.1 Å². The normalized spacial score (nSPS) is 19.0. The first-order valence-electron chi connectivity index (χ1n) is 8.22. The summed E-state index contributed by atoms with van der Waals surface area (Å²) in [6, 6.07) is 7.33. The van der Waals surface area contributed by atoms with Crippen molar-refractivity contribution in [2.45, 2.75) is 32.1 Å². The lowest BCUT2D eigenvalue weighted by atomic mass is 9.97. The molecule has 118 valence electrons. The molecule has 1 aromatic rings. The predicted octanol–water partition coefficient (Wildman–Crippen LogP) is 2.93. The second-order valence-corrected chi connectivity index (χ2v) is 6.17. The maximum absolute atomic E-state index is 12.4. The Labute approximate surface area is 132 Å². The molecule has 0 unspecified atom stereocenters. The lowest BCUT2D eigenvalue weighted by molar-refractivity contribution is -0.130. The van der Waals surface area contributed by atoms with Gasteiger partial charge in [0.25, 0.3) is 0 Å². The minimum atomic E-state index is 0.267. The maximum atomic E-state index is 12.4. The summed E-state index contributed by atoms with van der Waals surface area (Å²) < 4.78 is 0. The fourth-order valence-electron chi connectivity index (χ4n) is 3.28. The van der Waals surface area contributed by atoms with Crippen LogP contribution in [0.4, 0.5) is 5.69 Å². The van der Waals surface area contributed by atoms with E-state index in [2.05, 4.69) is 11.0 Å². The van der Waals surface area contributed by atoms with E-state index in [0.717, 1.165) is 44.7 Å². The number of carbonyl (C=O) groups excluding carboxylic acids is 1. The van der Waals surface area contributed by atoms with Crippen LogP contribution in [0.25, 0.3) is 0 Å². The van der Waals surface area contributed by atoms with Crippen molar-refractivity contribution in [3.63, 3.8) is 0 Å². The molecule has 0 aromatic heterocycles. The van der Waals surface area contributed by atoms with Crippen LogP contribution in [-0.2, 0) is 4.79 Å². The van der Waals surface area contributed by atoms with Gasteiger partial charge in [-0.15, -0.1) is 0 Å². The average molecular weight is 300 g/mol. The van der Waals surface area contributed by atoms with Gasteiger partial charge in [0.1, 0.15) is 5.75 Å². The van der Waals surface area contributed by atoms with Crippen LogP contribution in [0.1, 0.15) is 32.1 Å². The number of amides is 1. The van der Waals surface area contributed by atoms with Gasteiger partial charge in [0.05, 0.1) is 0 Å². The number of hydrogen-bond donors (Lipinski definition) is 1. The van der Waals surface area contributed by atoms with Gasteiger partial charge in [0.2, 0.25) is 5.91 Å². The molecule has 0 saturated carbocycles. The highest BCUT2D eigenvalue weighted by molar-refractivity contribution is 5.79. The van der Waals surface area contributed by atoms with Gasteiger partial charge in [-0.2, -0.15) is 0 Å². The molecule has 0 spiro atoms. The van der Waals surface area contributed by atoms with Crippen LogP contribution in [0, 0.1) is 0 Å². The van der Waals surface area contributed by atoms with Crippen LogP contribution >= 0.6 is 0 Å². The number of anilines is 1. The minimum Gasteiger partial charge on any atom is -0.508 e. The highest BCUT2D eigenvalue weighted by Crippen LogP contribution is 2.23. The van der Waals surface area contributed by atoms with Gasteiger partial charge in [0.15, 0.2) is 0 Å². The van der Waals surface area contributed by atoms with Gasteiger partial charge in [0, 0.05) is 44.4 Å². The van der Waals surface area contributed by atoms with E-state index in [1.165, 1.54) is 18.4 Å². The zero-order chi connectivity index (χ0) is 15.4. The van der Waals surface area contributed by atoms with Crippen molar-refractivity contribution in [3.8, 4) is 5.75 Å². The largest absolute Gasteiger partial charge is 0.508 e. The first-order valence-corrected chi connectivity index (χ1v) is 8.22. The zero-order valence-electron chi connectivity index (χ0n) is 13.0. The minimum absolute atomic E-state index is 0.267. The smallest absolute Gasteiger partial charge is 0.226 e. The Morgan fingerprint density at radius 1 is 1.14 bits per heavy atom. The van der Waals surface area contributed by atoms with E-state index in [1.54, 1.807) is 12.1 Å². The fraction of sp³-hybridized carbons (Fsp3) is 0.500. The Hall–Kier alpha value is -1.97. The molecule has 3 rings (SSSR count). The van der Waals surface area contributed by atoms with Gasteiger partial charge in [-0.25, -0.2) is 0 Å². The summed E-state index contributed by atoms with van der Waals surface area (Å²) in [5, 5.41) is 9.57. The molecule has 22 heavy (non-hydrogen) atoms. The molecule has 1 amide bonds. The number of carbonyl (C=O) groups is 1. The second kappa shape index (κ2) is 6.86. The topological polar surface area (TPSA) is 43.8 Å². The average Bonchev–Trinajstić information content (AvgIpc) is 2.56. The Balaban J connectivity index is 1.53. The Morgan fingerprint density at radius 3 is 2.64 bits per heavy atom. The molecule has 1 saturated heterocycles. The first-order chi connectivity index (χ1) is 10.7. The fourth-order valence-corrected chi connectivity index (χ4v) is 3.28. The highest BCUT2D eigenvalue weighted by atomic mass is 16.3. The molecule has 1 heterocycles. The highest BCUT2D eigenvalue weighted by Gasteiger charge is 2.22. The molecular weight excluding hydrogens is 276 g/mol. The molecule has 1 fully saturated rings. The van der Waals surface area contributed by atoms with Crippen LogP contribution in [0.5, 0.6) is 5.75 Å². The second-order valence-electron chi connectivity index (χ2n) is 6.17. The molecule has 4 heteroatoms. The number of phenols is 1. The van der Waals surface area contributed by atoms with Crippen molar-refractivity contribution < 1.29 is 9.90 Å². The number of benzene rings is 1. The van der Waals surface area contributed by atoms with Crippen molar-refractivity contribution in [1.29, 1.82) is 0 Å². The third kappa shape index (κ3) is 3.62. The number of hydrogen-bond acceptors (Lipinski definition) is 3. The Bertz CT molecular complexity index is 560. The van der Waals surface area contributed by atoms with E-state index in [9.17, 15) is 9.90 Å². The van der Waals surface area contributed by atoms with Crippen molar-refractivity contribution in [2.75, 3.05) is 31.1 Å². The monoisotopic (exact) mass is 300 g/mol. The summed E-state index contributed by atoms with van der Waals surface area (Å²) in [4.78, 5) is 16.6. The number of nitrogens with zero attached hydrogens (tertiary/aromatic N) is 2. The van der Waals surface area contributed by atoms with Crippen molar-refractivity contribution in [2.24, 2.45) is 0 Å². The van der Waals surface area contributed by atoms with E-state index in [-0.39, 0.29) is 5.91 Å². The number of phenolic OH excluding ortho intramolecular Hbond substituents is 1. The maximum Gasteiger partial charge on any atom is 0.226 e. The lowest BCUT2D eigenvalue weighted by Gasteiger charge is -2.36. The molecule has 2 aliphatic rings. The molecule has 0 atom stereocenters. The van der Waals surface area contributed by atoms with Crippen LogP contribution in [0.15, 0.2) is 35.9 Å². The number of rotatable bonds is 3. The molecule has 4 nitrogen and oxygen atoms in total. The van der Waals surface area contributed by atoms with E-state index in [1.807, 2.05) is 17.0 Å². The number of allylic oxidation sites excluding steroid dienone is 1. The third-order valence-electron chi connectivity index (χ3n) is 4.59. The third-order valence-corrected chi connectivity index (χ3v) is 4.59. The summed E-state index contributed by atoms with van der Waals surface area (Å²) in [6.07, 6.45) is 7.57. The molecule has 0 bridgehead atoms. The van der Waals surface area contributed by atoms with E-state index in [4.69, 9.17) is 0 Å². The first kappa shape index (κ1) is 14.9. The molecular formula is C18H24N2O2. The van der Waals surface area contributed by atoms with E-state index < -0.39 is 0 Å². The molecule has 1 aliphatic heterocycles. The summed E-state index contributed by atoms with van der Waals surface area (Å²) in [6.45, 7) is 3.19. The SMILES string of the molecule is O=C(CC1=CCCCC1)N1CCN(c2cccc(O)c2)CC1. The number of aromatic hydroxyl groups is 1. The van der Waals surface area contributed by atoms with Crippen molar-refractivity contribution in [3.05, 3.63) is 35.9 Å². The Kier molecular flexibility index (Phi) is 4.66. The quantitative estimate of drug-likeness (QED) is 0.873. The van der Waals surface area contributed by atoms with Gasteiger partial charge in [-0.05, 0) is 37.8 Å². The molecule has 1 aliphatic carbocycles. The van der Waals surface area contributed by atoms with Crippen molar-refractivity contribution in [1.82, 2.24) is 4.90 Å². The summed E-state index contributed by atoms with van der Waals surface area (Å²) in [7, 11) is 0. The van der Waals surface area contributed by atoms with Gasteiger partial charge in [-0.3, -0.25) is 4.79 Å². The molecule has 0 radical (unpaired) electrons. The Morgan fingerprint density at radius 2 is 1.95 bits per heavy atom. The van der Waals surface area contributed by atoms with Crippen LogP contribution in [0.3, 0.4) is 0 Å². The standard InChI is InChI=1S/C18H24N2O2/c21-17-8-4-7-16(14-17)19-9-11-20(12-10-19)18(22)13-15-5-2-1-3-6-15/h4-5,7-8,14,21H,1-3,6,9-13H2. The van der Waals surface area contributed by atoms with E-state index in [0.29, 0.717) is 12.2 Å². The number of piperazine rings is 1. The molecule has 1 N–H and O–H groups in total. The zero-order valence-corrected chi connectivity index (χ0v) is 13.0.